The summed E-state index contributed by atoms with van der Waals surface area (Å²) in [6.07, 6.45) is 0.156. The van der Waals surface area contributed by atoms with E-state index in [0.717, 1.165) is 16.7 Å². The van der Waals surface area contributed by atoms with Gasteiger partial charge in [0.2, 0.25) is 5.91 Å². The second kappa shape index (κ2) is 10.4. The first-order valence-corrected chi connectivity index (χ1v) is 10.5. The Morgan fingerprint density at radius 2 is 1.28 bits per heavy atom. The van der Waals surface area contributed by atoms with Gasteiger partial charge < -0.3 is 10.1 Å². The van der Waals surface area contributed by atoms with E-state index in [1.807, 2.05) is 91.0 Å². The predicted molar refractivity (Wildman–Crippen MR) is 123 cm³/mol. The van der Waals surface area contributed by atoms with E-state index in [1.165, 1.54) is 7.11 Å². The lowest BCUT2D eigenvalue weighted by atomic mass is 9.68. The highest BCUT2D eigenvalue weighted by molar-refractivity contribution is 5.98. The standard InChI is InChI=1S/C27H26N2O3/c1-20(19-28)18-24(25(30)32-2)29-26(31)27(21-12-6-3-7-13-21,22-14-8-4-9-15-22)23-16-10-5-11-17-23/h3-17,20,24H,18H2,1-2H3,(H,29,31)/t20-,24-/m1/s1. The van der Waals surface area contributed by atoms with Gasteiger partial charge in [-0.15, -0.1) is 0 Å². The van der Waals surface area contributed by atoms with Crippen LogP contribution < -0.4 is 5.32 Å². The molecule has 32 heavy (non-hydrogen) atoms. The molecule has 0 heterocycles. The maximum Gasteiger partial charge on any atom is 0.328 e. The minimum absolute atomic E-state index is 0.156. The van der Waals surface area contributed by atoms with Crippen LogP contribution >= 0.6 is 0 Å². The number of methoxy groups -OCH3 is 1. The fourth-order valence-electron chi connectivity index (χ4n) is 3.99. The normalized spacial score (nSPS) is 12.8. The number of hydrogen-bond acceptors (Lipinski definition) is 4. The topological polar surface area (TPSA) is 79.2 Å². The highest BCUT2D eigenvalue weighted by Gasteiger charge is 2.45. The summed E-state index contributed by atoms with van der Waals surface area (Å²) in [6.45, 7) is 1.71. The monoisotopic (exact) mass is 426 g/mol. The third-order valence-corrected chi connectivity index (χ3v) is 5.56. The van der Waals surface area contributed by atoms with Crippen LogP contribution in [0.25, 0.3) is 0 Å². The SMILES string of the molecule is COC(=O)[C@@H](C[C@@H](C)C#N)NC(=O)C(c1ccccc1)(c1ccccc1)c1ccccc1. The minimum atomic E-state index is -1.20. The van der Waals surface area contributed by atoms with Crippen LogP contribution in [0.3, 0.4) is 0 Å². The molecule has 3 aromatic carbocycles. The van der Waals surface area contributed by atoms with Gasteiger partial charge in [0.25, 0.3) is 0 Å². The summed E-state index contributed by atoms with van der Waals surface area (Å²) in [6, 6.07) is 29.6. The van der Waals surface area contributed by atoms with Gasteiger partial charge in [0.1, 0.15) is 11.5 Å². The zero-order valence-corrected chi connectivity index (χ0v) is 18.2. The molecule has 0 fully saturated rings. The molecule has 3 rings (SSSR count). The second-order valence-corrected chi connectivity index (χ2v) is 7.66. The quantitative estimate of drug-likeness (QED) is 0.432. The van der Waals surface area contributed by atoms with Crippen LogP contribution in [0.1, 0.15) is 30.0 Å². The van der Waals surface area contributed by atoms with Crippen molar-refractivity contribution in [3.63, 3.8) is 0 Å². The molecule has 5 heteroatoms. The molecule has 2 atom stereocenters. The molecule has 0 aliphatic carbocycles. The largest absolute Gasteiger partial charge is 0.467 e. The number of carbonyl (C=O) groups excluding carboxylic acids is 2. The first kappa shape index (κ1) is 22.8. The Balaban J connectivity index is 2.21. The van der Waals surface area contributed by atoms with Crippen LogP contribution in [0.5, 0.6) is 0 Å². The van der Waals surface area contributed by atoms with Gasteiger partial charge in [-0.1, -0.05) is 91.0 Å². The zero-order valence-electron chi connectivity index (χ0n) is 18.2. The molecule has 0 bridgehead atoms. The number of nitrogens with zero attached hydrogens (tertiary/aromatic N) is 1. The van der Waals surface area contributed by atoms with E-state index < -0.39 is 23.3 Å². The molecule has 0 radical (unpaired) electrons. The van der Waals surface area contributed by atoms with Crippen LogP contribution in [0.4, 0.5) is 0 Å². The van der Waals surface area contributed by atoms with Crippen molar-refractivity contribution >= 4 is 11.9 Å². The van der Waals surface area contributed by atoms with Gasteiger partial charge in [0, 0.05) is 5.92 Å². The number of ether oxygens (including phenoxy) is 1. The predicted octanol–water partition coefficient (Wildman–Crippen LogP) is 4.23. The molecule has 3 aromatic rings. The first-order valence-electron chi connectivity index (χ1n) is 10.5. The summed E-state index contributed by atoms with van der Waals surface area (Å²) < 4.78 is 4.93. The van der Waals surface area contributed by atoms with Crippen LogP contribution in [-0.4, -0.2) is 25.0 Å². The molecule has 0 unspecified atom stereocenters. The molecule has 1 N–H and O–H groups in total. The number of carbonyl (C=O) groups is 2. The average Bonchev–Trinajstić information content (AvgIpc) is 2.85. The number of nitrogens with one attached hydrogen (secondary N) is 1. The summed E-state index contributed by atoms with van der Waals surface area (Å²) in [7, 11) is 1.28. The van der Waals surface area contributed by atoms with E-state index in [1.54, 1.807) is 6.92 Å². The molecular weight excluding hydrogens is 400 g/mol. The number of hydrogen-bond donors (Lipinski definition) is 1. The molecule has 0 aliphatic rings. The van der Waals surface area contributed by atoms with E-state index in [9.17, 15) is 14.9 Å². The van der Waals surface area contributed by atoms with Gasteiger partial charge in [-0.25, -0.2) is 4.79 Å². The smallest absolute Gasteiger partial charge is 0.328 e. The Bertz CT molecular complexity index is 979. The van der Waals surface area contributed by atoms with Gasteiger partial charge in [0.05, 0.1) is 13.2 Å². The lowest BCUT2D eigenvalue weighted by molar-refractivity contribution is -0.145. The maximum atomic E-state index is 14.2. The Kier molecular flexibility index (Phi) is 7.41. The number of rotatable bonds is 8. The summed E-state index contributed by atoms with van der Waals surface area (Å²) in [5.74, 6) is -1.37. The van der Waals surface area contributed by atoms with Crippen molar-refractivity contribution in [1.29, 1.82) is 5.26 Å². The summed E-state index contributed by atoms with van der Waals surface area (Å²) in [5, 5.41) is 12.2. The number of benzene rings is 3. The molecule has 0 aliphatic heterocycles. The van der Waals surface area contributed by atoms with E-state index in [2.05, 4.69) is 11.4 Å². The van der Waals surface area contributed by atoms with Crippen molar-refractivity contribution in [3.05, 3.63) is 108 Å². The summed E-state index contributed by atoms with van der Waals surface area (Å²) in [4.78, 5) is 26.7. The van der Waals surface area contributed by atoms with Crippen molar-refractivity contribution in [1.82, 2.24) is 5.32 Å². The van der Waals surface area contributed by atoms with Crippen LogP contribution in [0, 0.1) is 17.2 Å². The Morgan fingerprint density at radius 3 is 1.62 bits per heavy atom. The fourth-order valence-corrected chi connectivity index (χ4v) is 3.99. The van der Waals surface area contributed by atoms with Gasteiger partial charge in [-0.3, -0.25) is 4.79 Å². The number of nitriles is 1. The lowest BCUT2D eigenvalue weighted by Crippen LogP contribution is -2.52. The Labute approximate surface area is 188 Å². The molecule has 1 amide bonds. The van der Waals surface area contributed by atoms with Gasteiger partial charge in [0.15, 0.2) is 0 Å². The fraction of sp³-hybridized carbons (Fsp3) is 0.222. The average molecular weight is 427 g/mol. The van der Waals surface area contributed by atoms with E-state index in [4.69, 9.17) is 4.74 Å². The van der Waals surface area contributed by atoms with Crippen molar-refractivity contribution in [3.8, 4) is 6.07 Å². The lowest BCUT2D eigenvalue weighted by Gasteiger charge is -2.35. The number of esters is 1. The van der Waals surface area contributed by atoms with Crippen LogP contribution in [0.15, 0.2) is 91.0 Å². The maximum absolute atomic E-state index is 14.2. The Hall–Kier alpha value is -3.91. The van der Waals surface area contributed by atoms with Crippen LogP contribution in [0.2, 0.25) is 0 Å². The molecule has 0 saturated carbocycles. The minimum Gasteiger partial charge on any atom is -0.467 e. The van der Waals surface area contributed by atoms with E-state index in [-0.39, 0.29) is 12.3 Å². The highest BCUT2D eigenvalue weighted by Crippen LogP contribution is 2.39. The molecule has 5 nitrogen and oxygen atoms in total. The van der Waals surface area contributed by atoms with Crippen LogP contribution in [-0.2, 0) is 19.7 Å². The second-order valence-electron chi connectivity index (χ2n) is 7.66. The molecule has 162 valence electrons. The van der Waals surface area contributed by atoms with Crippen molar-refractivity contribution < 1.29 is 14.3 Å². The number of amides is 1. The van der Waals surface area contributed by atoms with Gasteiger partial charge in [-0.05, 0) is 30.0 Å². The zero-order chi connectivity index (χ0) is 23.0. The molecule has 0 spiro atoms. The first-order chi connectivity index (χ1) is 15.5. The summed E-state index contributed by atoms with van der Waals surface area (Å²) in [5.41, 5.74) is 1.11. The van der Waals surface area contributed by atoms with Gasteiger partial charge in [-0.2, -0.15) is 5.26 Å². The summed E-state index contributed by atoms with van der Waals surface area (Å²) >= 11 is 0. The molecule has 0 saturated heterocycles. The van der Waals surface area contributed by atoms with Crippen molar-refractivity contribution in [2.75, 3.05) is 7.11 Å². The van der Waals surface area contributed by atoms with Gasteiger partial charge >= 0.3 is 5.97 Å². The van der Waals surface area contributed by atoms with E-state index in [0.29, 0.717) is 0 Å². The van der Waals surface area contributed by atoms with Crippen molar-refractivity contribution in [2.45, 2.75) is 24.8 Å². The third kappa shape index (κ3) is 4.55. The Morgan fingerprint density at radius 1 is 0.875 bits per heavy atom. The van der Waals surface area contributed by atoms with Crippen molar-refractivity contribution in [2.24, 2.45) is 5.92 Å². The molecular formula is C27H26N2O3. The van der Waals surface area contributed by atoms with E-state index >= 15 is 0 Å². The third-order valence-electron chi connectivity index (χ3n) is 5.56. The molecule has 0 aromatic heterocycles. The highest BCUT2D eigenvalue weighted by atomic mass is 16.5.